The lowest BCUT2D eigenvalue weighted by molar-refractivity contribution is -0.144. The number of rotatable bonds is 8. The molecule has 1 unspecified atom stereocenters. The van der Waals surface area contributed by atoms with E-state index >= 15 is 0 Å². The van der Waals surface area contributed by atoms with E-state index < -0.39 is 18.0 Å². The Balaban J connectivity index is 1.54. The molecule has 1 amide bonds. The van der Waals surface area contributed by atoms with Gasteiger partial charge in [-0.2, -0.15) is 0 Å². The SMILES string of the molecule is COC(=O)CC1Nc2ccc(C(=O)OCc3ccccc3)cc2CN(CCc2ccccc2)C1=O. The highest BCUT2D eigenvalue weighted by atomic mass is 16.5. The fraction of sp³-hybridized carbons (Fsp3) is 0.250. The lowest BCUT2D eigenvalue weighted by Gasteiger charge is -2.24. The van der Waals surface area contributed by atoms with Gasteiger partial charge < -0.3 is 19.7 Å². The summed E-state index contributed by atoms with van der Waals surface area (Å²) < 4.78 is 10.3. The summed E-state index contributed by atoms with van der Waals surface area (Å²) >= 11 is 0. The van der Waals surface area contributed by atoms with E-state index in [-0.39, 0.29) is 18.9 Å². The predicted molar refractivity (Wildman–Crippen MR) is 132 cm³/mol. The predicted octanol–water partition coefficient (Wildman–Crippen LogP) is 3.97. The molecule has 3 aromatic rings. The van der Waals surface area contributed by atoms with Crippen LogP contribution in [0.5, 0.6) is 0 Å². The van der Waals surface area contributed by atoms with E-state index in [1.807, 2.05) is 60.7 Å². The minimum atomic E-state index is -0.754. The van der Waals surface area contributed by atoms with Crippen molar-refractivity contribution in [2.24, 2.45) is 0 Å². The van der Waals surface area contributed by atoms with E-state index in [1.165, 1.54) is 7.11 Å². The zero-order chi connectivity index (χ0) is 24.6. The lowest BCUT2D eigenvalue weighted by atomic mass is 10.1. The minimum absolute atomic E-state index is 0.0858. The summed E-state index contributed by atoms with van der Waals surface area (Å²) in [6.45, 7) is 0.966. The normalized spacial score (nSPS) is 14.9. The maximum Gasteiger partial charge on any atom is 0.338 e. The molecule has 4 rings (SSSR count). The Kier molecular flexibility index (Phi) is 7.77. The first-order valence-corrected chi connectivity index (χ1v) is 11.5. The highest BCUT2D eigenvalue weighted by Crippen LogP contribution is 2.26. The molecular formula is C28H28N2O5. The Morgan fingerprint density at radius 2 is 1.66 bits per heavy atom. The van der Waals surface area contributed by atoms with Crippen LogP contribution in [-0.4, -0.2) is 42.4 Å². The average molecular weight is 473 g/mol. The van der Waals surface area contributed by atoms with E-state index in [2.05, 4.69) is 5.32 Å². The van der Waals surface area contributed by atoms with Gasteiger partial charge in [0.2, 0.25) is 5.91 Å². The third-order valence-electron chi connectivity index (χ3n) is 5.97. The number of hydrogen-bond donors (Lipinski definition) is 1. The van der Waals surface area contributed by atoms with Crippen LogP contribution < -0.4 is 5.32 Å². The molecule has 35 heavy (non-hydrogen) atoms. The third-order valence-corrected chi connectivity index (χ3v) is 5.97. The Labute approximate surface area is 204 Å². The van der Waals surface area contributed by atoms with Crippen LogP contribution in [0.3, 0.4) is 0 Å². The number of hydrogen-bond acceptors (Lipinski definition) is 6. The van der Waals surface area contributed by atoms with Gasteiger partial charge in [0.15, 0.2) is 0 Å². The van der Waals surface area contributed by atoms with Crippen molar-refractivity contribution in [3.05, 3.63) is 101 Å². The number of methoxy groups -OCH3 is 1. The van der Waals surface area contributed by atoms with Gasteiger partial charge in [0.1, 0.15) is 12.6 Å². The van der Waals surface area contributed by atoms with Crippen LogP contribution in [-0.2, 0) is 38.6 Å². The van der Waals surface area contributed by atoms with Crippen LogP contribution in [0.15, 0.2) is 78.9 Å². The molecule has 1 heterocycles. The highest BCUT2D eigenvalue weighted by Gasteiger charge is 2.31. The topological polar surface area (TPSA) is 84.9 Å². The van der Waals surface area contributed by atoms with Crippen molar-refractivity contribution in [1.29, 1.82) is 0 Å². The van der Waals surface area contributed by atoms with Crippen LogP contribution in [0.2, 0.25) is 0 Å². The summed E-state index contributed by atoms with van der Waals surface area (Å²) in [4.78, 5) is 39.7. The minimum Gasteiger partial charge on any atom is -0.469 e. The Hall–Kier alpha value is -4.13. The van der Waals surface area contributed by atoms with Crippen molar-refractivity contribution < 1.29 is 23.9 Å². The van der Waals surface area contributed by atoms with Crippen LogP contribution in [0, 0.1) is 0 Å². The van der Waals surface area contributed by atoms with E-state index in [4.69, 9.17) is 9.47 Å². The van der Waals surface area contributed by atoms with Gasteiger partial charge in [-0.05, 0) is 41.3 Å². The molecule has 0 aromatic heterocycles. The quantitative estimate of drug-likeness (QED) is 0.500. The summed E-state index contributed by atoms with van der Waals surface area (Å²) in [6, 6.07) is 23.8. The van der Waals surface area contributed by atoms with E-state index in [1.54, 1.807) is 23.1 Å². The summed E-state index contributed by atoms with van der Waals surface area (Å²) in [5.74, 6) is -1.09. The molecule has 1 N–H and O–H groups in total. The smallest absolute Gasteiger partial charge is 0.338 e. The van der Waals surface area contributed by atoms with E-state index in [9.17, 15) is 14.4 Å². The van der Waals surface area contributed by atoms with Crippen LogP contribution in [0.1, 0.15) is 33.5 Å². The van der Waals surface area contributed by atoms with Crippen LogP contribution in [0.4, 0.5) is 5.69 Å². The first kappa shape index (κ1) is 24.0. The Bertz CT molecular complexity index is 1180. The molecule has 0 radical (unpaired) electrons. The first-order valence-electron chi connectivity index (χ1n) is 11.5. The maximum absolute atomic E-state index is 13.3. The van der Waals surface area contributed by atoms with Crippen molar-refractivity contribution in [2.45, 2.75) is 32.0 Å². The van der Waals surface area contributed by atoms with Crippen molar-refractivity contribution in [2.75, 3.05) is 19.0 Å². The Morgan fingerprint density at radius 3 is 2.34 bits per heavy atom. The van der Waals surface area contributed by atoms with Crippen LogP contribution in [0.25, 0.3) is 0 Å². The molecule has 0 bridgehead atoms. The van der Waals surface area contributed by atoms with Gasteiger partial charge in [-0.1, -0.05) is 60.7 Å². The molecular weight excluding hydrogens is 444 g/mol. The standard InChI is InChI=1S/C28H28N2O5/c1-34-26(31)17-25-27(32)30(15-14-20-8-4-2-5-9-20)18-23-16-22(12-13-24(23)29-25)28(33)35-19-21-10-6-3-7-11-21/h2-13,16,25,29H,14-15,17-19H2,1H3. The highest BCUT2D eigenvalue weighted by molar-refractivity contribution is 5.93. The number of nitrogens with zero attached hydrogens (tertiary/aromatic N) is 1. The number of amides is 1. The van der Waals surface area contributed by atoms with Crippen molar-refractivity contribution in [3.63, 3.8) is 0 Å². The molecule has 180 valence electrons. The molecule has 1 aliphatic rings. The van der Waals surface area contributed by atoms with Crippen molar-refractivity contribution in [1.82, 2.24) is 4.90 Å². The molecule has 7 nitrogen and oxygen atoms in total. The summed E-state index contributed by atoms with van der Waals surface area (Å²) in [6.07, 6.45) is 0.586. The second-order valence-corrected chi connectivity index (χ2v) is 8.41. The molecule has 0 spiro atoms. The molecule has 0 fully saturated rings. The number of anilines is 1. The first-order chi connectivity index (χ1) is 17.0. The zero-order valence-corrected chi connectivity index (χ0v) is 19.6. The van der Waals surface area contributed by atoms with Crippen molar-refractivity contribution in [3.8, 4) is 0 Å². The number of carbonyl (C=O) groups is 3. The van der Waals surface area contributed by atoms with Gasteiger partial charge >= 0.3 is 11.9 Å². The van der Waals surface area contributed by atoms with Gasteiger partial charge in [-0.25, -0.2) is 4.79 Å². The van der Waals surface area contributed by atoms with E-state index in [0.29, 0.717) is 30.8 Å². The fourth-order valence-electron chi connectivity index (χ4n) is 4.04. The monoisotopic (exact) mass is 472 g/mol. The summed E-state index contributed by atoms with van der Waals surface area (Å²) in [5.41, 5.74) is 3.91. The molecule has 3 aromatic carbocycles. The number of esters is 2. The largest absolute Gasteiger partial charge is 0.469 e. The number of fused-ring (bicyclic) bond motifs is 1. The number of benzene rings is 3. The fourth-order valence-corrected chi connectivity index (χ4v) is 4.04. The molecule has 0 saturated heterocycles. The average Bonchev–Trinajstić information content (AvgIpc) is 3.02. The number of nitrogens with one attached hydrogen (secondary N) is 1. The van der Waals surface area contributed by atoms with E-state index in [0.717, 1.165) is 16.7 Å². The third kappa shape index (κ3) is 6.26. The van der Waals surface area contributed by atoms with Crippen LogP contribution >= 0.6 is 0 Å². The second kappa shape index (κ2) is 11.3. The maximum atomic E-state index is 13.3. The molecule has 1 aliphatic heterocycles. The molecule has 0 saturated carbocycles. The Morgan fingerprint density at radius 1 is 0.971 bits per heavy atom. The van der Waals surface area contributed by atoms with Gasteiger partial charge in [0, 0.05) is 18.8 Å². The van der Waals surface area contributed by atoms with Crippen molar-refractivity contribution >= 4 is 23.5 Å². The van der Waals surface area contributed by atoms with Gasteiger partial charge in [0.05, 0.1) is 19.1 Å². The van der Waals surface area contributed by atoms with Gasteiger partial charge in [-0.15, -0.1) is 0 Å². The molecule has 7 heteroatoms. The van der Waals surface area contributed by atoms with Gasteiger partial charge in [0.25, 0.3) is 0 Å². The molecule has 1 atom stereocenters. The summed E-state index contributed by atoms with van der Waals surface area (Å²) in [5, 5.41) is 3.18. The molecule has 0 aliphatic carbocycles. The number of carbonyl (C=O) groups excluding carboxylic acids is 3. The second-order valence-electron chi connectivity index (χ2n) is 8.41. The lowest BCUT2D eigenvalue weighted by Crippen LogP contribution is -2.42. The summed E-state index contributed by atoms with van der Waals surface area (Å²) in [7, 11) is 1.30. The zero-order valence-electron chi connectivity index (χ0n) is 19.6. The van der Waals surface area contributed by atoms with Gasteiger partial charge in [-0.3, -0.25) is 9.59 Å². The number of ether oxygens (including phenoxy) is 2.